The second kappa shape index (κ2) is 5.97. The van der Waals surface area contributed by atoms with Gasteiger partial charge in [-0.15, -0.1) is 0 Å². The standard InChI is InChI=1S/C20H23FO2/c1-4-13-5-7-15(16-12-14(23-3)6-8-18(16)21)17(11-13)19(22)20(2)9-10-20/h5-8,11-12,19,22H,4,9-10H2,1-3H3/t19-/m1/s1. The summed E-state index contributed by atoms with van der Waals surface area (Å²) >= 11 is 0. The second-order valence-corrected chi connectivity index (χ2v) is 6.68. The van der Waals surface area contributed by atoms with Gasteiger partial charge in [0.05, 0.1) is 13.2 Å². The van der Waals surface area contributed by atoms with Gasteiger partial charge >= 0.3 is 0 Å². The third-order valence-corrected chi connectivity index (χ3v) is 4.98. The Hall–Kier alpha value is -1.87. The number of hydrogen-bond acceptors (Lipinski definition) is 2. The summed E-state index contributed by atoms with van der Waals surface area (Å²) in [5, 5.41) is 10.8. The van der Waals surface area contributed by atoms with Gasteiger partial charge < -0.3 is 9.84 Å². The van der Waals surface area contributed by atoms with Gasteiger partial charge in [0.25, 0.3) is 0 Å². The second-order valence-electron chi connectivity index (χ2n) is 6.68. The van der Waals surface area contributed by atoms with Crippen molar-refractivity contribution < 1.29 is 14.2 Å². The summed E-state index contributed by atoms with van der Waals surface area (Å²) in [7, 11) is 1.57. The maximum Gasteiger partial charge on any atom is 0.131 e. The Morgan fingerprint density at radius 2 is 1.91 bits per heavy atom. The highest BCUT2D eigenvalue weighted by molar-refractivity contribution is 5.70. The summed E-state index contributed by atoms with van der Waals surface area (Å²) in [4.78, 5) is 0. The first-order valence-corrected chi connectivity index (χ1v) is 8.13. The van der Waals surface area contributed by atoms with Crippen LogP contribution in [0.5, 0.6) is 5.75 Å². The smallest absolute Gasteiger partial charge is 0.131 e. The number of halogens is 1. The summed E-state index contributed by atoms with van der Waals surface area (Å²) in [5.41, 5.74) is 3.10. The summed E-state index contributed by atoms with van der Waals surface area (Å²) in [6.45, 7) is 4.16. The third-order valence-electron chi connectivity index (χ3n) is 4.98. The van der Waals surface area contributed by atoms with E-state index in [0.717, 1.165) is 36.0 Å². The van der Waals surface area contributed by atoms with Crippen molar-refractivity contribution in [3.63, 3.8) is 0 Å². The van der Waals surface area contributed by atoms with Gasteiger partial charge in [0.15, 0.2) is 0 Å². The van der Waals surface area contributed by atoms with Gasteiger partial charge in [-0.2, -0.15) is 0 Å². The van der Waals surface area contributed by atoms with Gasteiger partial charge in [-0.3, -0.25) is 0 Å². The molecule has 1 N–H and O–H groups in total. The molecule has 0 radical (unpaired) electrons. The van der Waals surface area contributed by atoms with Gasteiger partial charge in [-0.1, -0.05) is 32.0 Å². The van der Waals surface area contributed by atoms with Crippen LogP contribution < -0.4 is 4.74 Å². The molecule has 2 aromatic rings. The topological polar surface area (TPSA) is 29.5 Å². The average Bonchev–Trinajstić information content (AvgIpc) is 3.33. The minimum Gasteiger partial charge on any atom is -0.497 e. The normalized spacial score (nSPS) is 16.9. The van der Waals surface area contributed by atoms with Gasteiger partial charge in [0.2, 0.25) is 0 Å². The van der Waals surface area contributed by atoms with Crippen LogP contribution in [0.4, 0.5) is 4.39 Å². The largest absolute Gasteiger partial charge is 0.497 e. The van der Waals surface area contributed by atoms with Crippen LogP contribution in [0, 0.1) is 11.2 Å². The molecule has 122 valence electrons. The first kappa shape index (κ1) is 16.0. The van der Waals surface area contributed by atoms with Gasteiger partial charge in [-0.25, -0.2) is 4.39 Å². The van der Waals surface area contributed by atoms with Crippen molar-refractivity contribution >= 4 is 0 Å². The molecule has 3 rings (SSSR count). The molecule has 1 aliphatic carbocycles. The lowest BCUT2D eigenvalue weighted by Gasteiger charge is -2.22. The monoisotopic (exact) mass is 314 g/mol. The number of hydrogen-bond donors (Lipinski definition) is 1. The summed E-state index contributed by atoms with van der Waals surface area (Å²) in [5.74, 6) is 0.309. The molecule has 0 aliphatic heterocycles. The lowest BCUT2D eigenvalue weighted by Crippen LogP contribution is -2.11. The molecule has 1 aliphatic rings. The molecule has 2 nitrogen and oxygen atoms in total. The SMILES string of the molecule is CCc1ccc(-c2cc(OC)ccc2F)c([C@@H](O)C2(C)CC2)c1. The van der Waals surface area contributed by atoms with Crippen molar-refractivity contribution in [2.24, 2.45) is 5.41 Å². The molecule has 0 saturated heterocycles. The van der Waals surface area contributed by atoms with Crippen molar-refractivity contribution in [3.8, 4) is 16.9 Å². The van der Waals surface area contributed by atoms with E-state index in [1.807, 2.05) is 18.2 Å². The van der Waals surface area contributed by atoms with E-state index < -0.39 is 6.10 Å². The number of aryl methyl sites for hydroxylation is 1. The number of ether oxygens (including phenoxy) is 1. The highest BCUT2D eigenvalue weighted by Gasteiger charge is 2.45. The van der Waals surface area contributed by atoms with Crippen LogP contribution in [0.2, 0.25) is 0 Å². The molecule has 0 bridgehead atoms. The van der Waals surface area contributed by atoms with Crippen LogP contribution in [0.15, 0.2) is 36.4 Å². The molecule has 0 aromatic heterocycles. The van der Waals surface area contributed by atoms with E-state index in [-0.39, 0.29) is 11.2 Å². The molecule has 0 spiro atoms. The van der Waals surface area contributed by atoms with Crippen LogP contribution >= 0.6 is 0 Å². The van der Waals surface area contributed by atoms with Crippen molar-refractivity contribution in [1.29, 1.82) is 0 Å². The Balaban J connectivity index is 2.15. The van der Waals surface area contributed by atoms with Crippen molar-refractivity contribution in [2.45, 2.75) is 39.2 Å². The quantitative estimate of drug-likeness (QED) is 0.851. The van der Waals surface area contributed by atoms with Crippen LogP contribution in [0.1, 0.15) is 43.9 Å². The molecular formula is C20H23FO2. The van der Waals surface area contributed by atoms with Crippen molar-refractivity contribution in [3.05, 3.63) is 53.3 Å². The van der Waals surface area contributed by atoms with Crippen molar-refractivity contribution in [1.82, 2.24) is 0 Å². The lowest BCUT2D eigenvalue weighted by atomic mass is 9.87. The van der Waals surface area contributed by atoms with E-state index in [1.54, 1.807) is 19.2 Å². The Morgan fingerprint density at radius 3 is 2.52 bits per heavy atom. The van der Waals surface area contributed by atoms with Crippen LogP contribution in [0.25, 0.3) is 11.1 Å². The summed E-state index contributed by atoms with van der Waals surface area (Å²) < 4.78 is 19.6. The minimum atomic E-state index is -0.574. The van der Waals surface area contributed by atoms with E-state index in [2.05, 4.69) is 13.8 Å². The molecule has 1 saturated carbocycles. The zero-order valence-corrected chi connectivity index (χ0v) is 13.9. The maximum absolute atomic E-state index is 14.4. The fourth-order valence-electron chi connectivity index (χ4n) is 2.99. The molecular weight excluding hydrogens is 291 g/mol. The molecule has 0 amide bonds. The highest BCUT2D eigenvalue weighted by atomic mass is 19.1. The number of aliphatic hydroxyl groups is 1. The highest BCUT2D eigenvalue weighted by Crippen LogP contribution is 2.55. The molecule has 1 fully saturated rings. The number of aliphatic hydroxyl groups excluding tert-OH is 1. The Morgan fingerprint density at radius 1 is 1.17 bits per heavy atom. The zero-order valence-electron chi connectivity index (χ0n) is 13.9. The Bertz CT molecular complexity index is 720. The zero-order chi connectivity index (χ0) is 16.6. The molecule has 23 heavy (non-hydrogen) atoms. The maximum atomic E-state index is 14.4. The Kier molecular flexibility index (Phi) is 4.15. The molecule has 3 heteroatoms. The number of benzene rings is 2. The summed E-state index contributed by atoms with van der Waals surface area (Å²) in [6, 6.07) is 10.7. The molecule has 1 atom stereocenters. The fourth-order valence-corrected chi connectivity index (χ4v) is 2.99. The molecule has 2 aromatic carbocycles. The first-order chi connectivity index (χ1) is 11.0. The molecule has 0 heterocycles. The van der Waals surface area contributed by atoms with E-state index >= 15 is 0 Å². The van der Waals surface area contributed by atoms with E-state index in [1.165, 1.54) is 6.07 Å². The van der Waals surface area contributed by atoms with Crippen molar-refractivity contribution in [2.75, 3.05) is 7.11 Å². The number of rotatable bonds is 5. The lowest BCUT2D eigenvalue weighted by molar-refractivity contribution is 0.104. The van der Waals surface area contributed by atoms with Gasteiger partial charge in [0.1, 0.15) is 11.6 Å². The van der Waals surface area contributed by atoms with Crippen LogP contribution in [0.3, 0.4) is 0 Å². The van der Waals surface area contributed by atoms with Gasteiger partial charge in [-0.05, 0) is 59.6 Å². The van der Waals surface area contributed by atoms with Crippen LogP contribution in [-0.4, -0.2) is 12.2 Å². The predicted octanol–water partition coefficient (Wildman–Crippen LogP) is 4.90. The van der Waals surface area contributed by atoms with Gasteiger partial charge in [0, 0.05) is 5.56 Å². The Labute approximate surface area is 136 Å². The van der Waals surface area contributed by atoms with E-state index in [9.17, 15) is 9.50 Å². The number of methoxy groups -OCH3 is 1. The molecule has 0 unspecified atom stereocenters. The summed E-state index contributed by atoms with van der Waals surface area (Å²) in [6.07, 6.45) is 2.32. The van der Waals surface area contributed by atoms with E-state index in [0.29, 0.717) is 11.3 Å². The third kappa shape index (κ3) is 2.98. The average molecular weight is 314 g/mol. The first-order valence-electron chi connectivity index (χ1n) is 8.13. The fraction of sp³-hybridized carbons (Fsp3) is 0.400. The van der Waals surface area contributed by atoms with E-state index in [4.69, 9.17) is 4.74 Å². The predicted molar refractivity (Wildman–Crippen MR) is 90.1 cm³/mol. The van der Waals surface area contributed by atoms with Crippen LogP contribution in [-0.2, 0) is 6.42 Å². The minimum absolute atomic E-state index is 0.0868.